The molecule has 1 aliphatic carbocycles. The van der Waals surface area contributed by atoms with Crippen molar-refractivity contribution in [1.29, 1.82) is 0 Å². The number of hydrogen-bond donors (Lipinski definition) is 2. The minimum Gasteiger partial charge on any atom is -0.493 e. The number of aliphatic hydroxyl groups excluding tert-OH is 1. The Labute approximate surface area is 140 Å². The van der Waals surface area contributed by atoms with E-state index in [2.05, 4.69) is 21.2 Å². The first-order chi connectivity index (χ1) is 9.74. The lowest BCUT2D eigenvalue weighted by molar-refractivity contribution is 0.199. The highest BCUT2D eigenvalue weighted by Crippen LogP contribution is 2.39. The summed E-state index contributed by atoms with van der Waals surface area (Å²) in [6.45, 7) is 1.42. The third-order valence-corrected chi connectivity index (χ3v) is 4.08. The fourth-order valence-electron chi connectivity index (χ4n) is 2.47. The van der Waals surface area contributed by atoms with Gasteiger partial charge < -0.3 is 19.9 Å². The summed E-state index contributed by atoms with van der Waals surface area (Å²) in [5, 5.41) is 11.9. The first-order valence-electron chi connectivity index (χ1n) is 7.09. The van der Waals surface area contributed by atoms with Crippen LogP contribution in [0.2, 0.25) is 0 Å². The van der Waals surface area contributed by atoms with Crippen molar-refractivity contribution in [1.82, 2.24) is 5.32 Å². The van der Waals surface area contributed by atoms with Gasteiger partial charge in [0.2, 0.25) is 0 Å². The summed E-state index contributed by atoms with van der Waals surface area (Å²) in [6, 6.07) is 4.02. The molecule has 1 fully saturated rings. The number of methoxy groups -OCH3 is 1. The van der Waals surface area contributed by atoms with Gasteiger partial charge in [-0.2, -0.15) is 0 Å². The van der Waals surface area contributed by atoms with Crippen molar-refractivity contribution < 1.29 is 14.6 Å². The van der Waals surface area contributed by atoms with Crippen LogP contribution in [0.4, 0.5) is 0 Å². The maximum atomic E-state index is 8.79. The molecule has 0 heterocycles. The van der Waals surface area contributed by atoms with Crippen LogP contribution in [-0.2, 0) is 6.54 Å². The average Bonchev–Trinajstić information content (AvgIpc) is 2.94. The number of hydrogen-bond acceptors (Lipinski definition) is 4. The standard InChI is InChI=1S/C15H22BrNO3.ClH/c1-19-14-9-11(10-17-6-7-18)8-13(16)15(14)20-12-4-2-3-5-12;/h8-9,12,17-18H,2-7,10H2,1H3;1H. The Bertz CT molecular complexity index is 439. The van der Waals surface area contributed by atoms with Crippen LogP contribution in [0.25, 0.3) is 0 Å². The highest BCUT2D eigenvalue weighted by Gasteiger charge is 2.20. The Morgan fingerprint density at radius 2 is 2.05 bits per heavy atom. The lowest BCUT2D eigenvalue weighted by Crippen LogP contribution is -2.17. The minimum atomic E-state index is 0. The van der Waals surface area contributed by atoms with Gasteiger partial charge in [0.1, 0.15) is 0 Å². The van der Waals surface area contributed by atoms with Crippen molar-refractivity contribution in [2.45, 2.75) is 38.3 Å². The summed E-state index contributed by atoms with van der Waals surface area (Å²) in [5.74, 6) is 1.55. The molecule has 120 valence electrons. The quantitative estimate of drug-likeness (QED) is 0.713. The zero-order valence-corrected chi connectivity index (χ0v) is 14.6. The molecule has 1 aromatic carbocycles. The van der Waals surface area contributed by atoms with E-state index in [0.29, 0.717) is 19.2 Å². The zero-order valence-electron chi connectivity index (χ0n) is 12.2. The van der Waals surface area contributed by atoms with Crippen molar-refractivity contribution in [3.05, 3.63) is 22.2 Å². The summed E-state index contributed by atoms with van der Waals surface area (Å²) in [6.07, 6.45) is 5.03. The smallest absolute Gasteiger partial charge is 0.175 e. The van der Waals surface area contributed by atoms with Crippen LogP contribution >= 0.6 is 28.3 Å². The second kappa shape index (κ2) is 9.51. The Balaban J connectivity index is 0.00000220. The largest absolute Gasteiger partial charge is 0.493 e. The average molecular weight is 381 g/mol. The van der Waals surface area contributed by atoms with E-state index >= 15 is 0 Å². The van der Waals surface area contributed by atoms with Crippen LogP contribution in [-0.4, -0.2) is 31.5 Å². The van der Waals surface area contributed by atoms with Crippen molar-refractivity contribution >= 4 is 28.3 Å². The second-order valence-electron chi connectivity index (χ2n) is 5.03. The van der Waals surface area contributed by atoms with Crippen LogP contribution < -0.4 is 14.8 Å². The topological polar surface area (TPSA) is 50.7 Å². The lowest BCUT2D eigenvalue weighted by atomic mass is 10.2. The fourth-order valence-corrected chi connectivity index (χ4v) is 3.06. The predicted molar refractivity (Wildman–Crippen MR) is 89.6 cm³/mol. The summed E-state index contributed by atoms with van der Waals surface area (Å²) < 4.78 is 12.4. The third-order valence-electron chi connectivity index (χ3n) is 3.49. The molecule has 2 rings (SSSR count). The molecule has 0 aromatic heterocycles. The second-order valence-corrected chi connectivity index (χ2v) is 5.89. The number of rotatable bonds is 7. The number of ether oxygens (including phenoxy) is 2. The lowest BCUT2D eigenvalue weighted by Gasteiger charge is -2.18. The first-order valence-corrected chi connectivity index (χ1v) is 7.88. The van der Waals surface area contributed by atoms with Gasteiger partial charge >= 0.3 is 0 Å². The molecule has 2 N–H and O–H groups in total. The van der Waals surface area contributed by atoms with E-state index in [-0.39, 0.29) is 19.0 Å². The summed E-state index contributed by atoms with van der Waals surface area (Å²) in [5.41, 5.74) is 1.10. The molecule has 0 spiro atoms. The van der Waals surface area contributed by atoms with E-state index in [1.807, 2.05) is 12.1 Å². The fraction of sp³-hybridized carbons (Fsp3) is 0.600. The Morgan fingerprint density at radius 3 is 2.67 bits per heavy atom. The molecule has 21 heavy (non-hydrogen) atoms. The maximum Gasteiger partial charge on any atom is 0.175 e. The predicted octanol–water partition coefficient (Wildman–Crippen LogP) is 3.28. The molecule has 0 amide bonds. The van der Waals surface area contributed by atoms with Gasteiger partial charge in [-0.1, -0.05) is 0 Å². The van der Waals surface area contributed by atoms with Crippen molar-refractivity contribution in [2.24, 2.45) is 0 Å². The maximum absolute atomic E-state index is 8.79. The van der Waals surface area contributed by atoms with Crippen molar-refractivity contribution in [3.63, 3.8) is 0 Å². The summed E-state index contributed by atoms with van der Waals surface area (Å²) >= 11 is 3.57. The Morgan fingerprint density at radius 1 is 1.33 bits per heavy atom. The third kappa shape index (κ3) is 5.33. The Kier molecular flexibility index (Phi) is 8.41. The monoisotopic (exact) mass is 379 g/mol. The van der Waals surface area contributed by atoms with Crippen LogP contribution in [0, 0.1) is 0 Å². The van der Waals surface area contributed by atoms with Gasteiger partial charge in [-0.3, -0.25) is 0 Å². The van der Waals surface area contributed by atoms with Crippen LogP contribution in [0.3, 0.4) is 0 Å². The van der Waals surface area contributed by atoms with Gasteiger partial charge in [0.05, 0.1) is 24.3 Å². The van der Waals surface area contributed by atoms with Crippen molar-refractivity contribution in [2.75, 3.05) is 20.3 Å². The van der Waals surface area contributed by atoms with Crippen molar-refractivity contribution in [3.8, 4) is 11.5 Å². The molecule has 1 saturated carbocycles. The summed E-state index contributed by atoms with van der Waals surface area (Å²) in [4.78, 5) is 0. The minimum absolute atomic E-state index is 0. The highest BCUT2D eigenvalue weighted by molar-refractivity contribution is 9.10. The number of halogens is 2. The Hall–Kier alpha value is -0.490. The van der Waals surface area contributed by atoms with E-state index < -0.39 is 0 Å². The van der Waals surface area contributed by atoms with Crippen LogP contribution in [0.5, 0.6) is 11.5 Å². The highest BCUT2D eigenvalue weighted by atomic mass is 79.9. The molecule has 0 bridgehead atoms. The van der Waals surface area contributed by atoms with Crippen LogP contribution in [0.1, 0.15) is 31.2 Å². The van der Waals surface area contributed by atoms with E-state index in [1.54, 1.807) is 7.11 Å². The van der Waals surface area contributed by atoms with Gasteiger partial charge in [-0.05, 0) is 59.3 Å². The van der Waals surface area contributed by atoms with E-state index in [0.717, 1.165) is 34.4 Å². The molecule has 0 atom stereocenters. The summed E-state index contributed by atoms with van der Waals surface area (Å²) in [7, 11) is 1.66. The molecule has 1 aliphatic rings. The van der Waals surface area contributed by atoms with Gasteiger partial charge in [0.15, 0.2) is 11.5 Å². The number of nitrogens with one attached hydrogen (secondary N) is 1. The molecule has 0 aliphatic heterocycles. The first kappa shape index (κ1) is 18.6. The number of benzene rings is 1. The molecule has 6 heteroatoms. The molecule has 4 nitrogen and oxygen atoms in total. The SMILES string of the molecule is COc1cc(CNCCO)cc(Br)c1OC1CCCC1.Cl. The van der Waals surface area contributed by atoms with Gasteiger partial charge in [-0.25, -0.2) is 0 Å². The van der Waals surface area contributed by atoms with Crippen LogP contribution in [0.15, 0.2) is 16.6 Å². The normalized spacial score (nSPS) is 14.8. The molecular weight excluding hydrogens is 358 g/mol. The van der Waals surface area contributed by atoms with Gasteiger partial charge in [-0.15, -0.1) is 12.4 Å². The zero-order chi connectivity index (χ0) is 14.4. The van der Waals surface area contributed by atoms with E-state index in [4.69, 9.17) is 14.6 Å². The van der Waals surface area contributed by atoms with Gasteiger partial charge in [0, 0.05) is 13.1 Å². The molecule has 0 saturated heterocycles. The molecule has 1 aromatic rings. The van der Waals surface area contributed by atoms with Gasteiger partial charge in [0.25, 0.3) is 0 Å². The molecule has 0 radical (unpaired) electrons. The molecular formula is C15H23BrClNO3. The molecule has 0 unspecified atom stereocenters. The van der Waals surface area contributed by atoms with E-state index in [9.17, 15) is 0 Å². The number of aliphatic hydroxyl groups is 1. The van der Waals surface area contributed by atoms with E-state index in [1.165, 1.54) is 12.8 Å².